The molecule has 3 atom stereocenters. The summed E-state index contributed by atoms with van der Waals surface area (Å²) in [4.78, 5) is 0. The molecule has 1 aliphatic carbocycles. The molecule has 1 aliphatic heterocycles. The van der Waals surface area contributed by atoms with Gasteiger partial charge in [-0.2, -0.15) is 0 Å². The lowest BCUT2D eigenvalue weighted by molar-refractivity contribution is 0.798. The van der Waals surface area contributed by atoms with Gasteiger partial charge in [0.1, 0.15) is 0 Å². The van der Waals surface area contributed by atoms with Gasteiger partial charge in [-0.15, -0.1) is 0 Å². The average molecular weight is 479 g/mol. The maximum atomic E-state index is 2.36. The first-order valence-corrected chi connectivity index (χ1v) is 14.1. The highest BCUT2D eigenvalue weighted by molar-refractivity contribution is 7.77. The number of benzene rings is 5. The monoisotopic (exact) mass is 478 g/mol. The Bertz CT molecular complexity index is 1470. The van der Waals surface area contributed by atoms with Crippen molar-refractivity contribution in [2.45, 2.75) is 11.1 Å². The molecule has 0 radical (unpaired) electrons. The van der Waals surface area contributed by atoms with Crippen molar-refractivity contribution >= 4 is 24.1 Å². The van der Waals surface area contributed by atoms with Crippen LogP contribution >= 0.6 is 7.92 Å². The summed E-state index contributed by atoms with van der Waals surface area (Å²) in [6, 6.07) is 56.1. The number of hydrogen-bond acceptors (Lipinski definition) is 0. The molecule has 2 aliphatic rings. The van der Waals surface area contributed by atoms with Crippen LogP contribution in [-0.4, -0.2) is 5.66 Å². The molecule has 3 unspecified atom stereocenters. The summed E-state index contributed by atoms with van der Waals surface area (Å²) in [7, 11) is -0.585. The smallest absolute Gasteiger partial charge is 0.0358 e. The summed E-state index contributed by atoms with van der Waals surface area (Å²) >= 11 is 0. The first-order chi connectivity index (χ1) is 17.9. The van der Waals surface area contributed by atoms with Gasteiger partial charge in [-0.3, -0.25) is 0 Å². The van der Waals surface area contributed by atoms with E-state index in [1.807, 2.05) is 0 Å². The van der Waals surface area contributed by atoms with Crippen LogP contribution in [-0.2, 0) is 5.41 Å². The third-order valence-electron chi connectivity index (χ3n) is 7.92. The number of fused-ring (bicyclic) bond motifs is 1. The molecular formula is C35H27P. The van der Waals surface area contributed by atoms with Gasteiger partial charge in [0.05, 0.1) is 0 Å². The normalized spacial score (nSPS) is 21.7. The van der Waals surface area contributed by atoms with E-state index in [1.165, 1.54) is 33.1 Å². The van der Waals surface area contributed by atoms with E-state index in [2.05, 4.69) is 152 Å². The fourth-order valence-corrected chi connectivity index (χ4v) is 10.3. The molecular weight excluding hydrogens is 451 g/mol. The molecule has 1 saturated carbocycles. The minimum absolute atomic E-state index is 0.0203. The topological polar surface area (TPSA) is 0 Å². The van der Waals surface area contributed by atoms with E-state index in [0.29, 0.717) is 11.6 Å². The van der Waals surface area contributed by atoms with Gasteiger partial charge in [-0.05, 0) is 46.4 Å². The molecule has 0 saturated heterocycles. The quantitative estimate of drug-likeness (QED) is 0.223. The van der Waals surface area contributed by atoms with E-state index in [1.54, 1.807) is 5.31 Å². The van der Waals surface area contributed by atoms with E-state index in [4.69, 9.17) is 0 Å². The van der Waals surface area contributed by atoms with Crippen LogP contribution in [0, 0.1) is 5.92 Å². The summed E-state index contributed by atoms with van der Waals surface area (Å²) in [6.45, 7) is 0. The largest absolute Gasteiger partial charge is 0.0622 e. The Kier molecular flexibility index (Phi) is 5.23. The molecule has 1 heterocycles. The lowest BCUT2D eigenvalue weighted by Crippen LogP contribution is -2.20. The van der Waals surface area contributed by atoms with Crippen LogP contribution in [0.3, 0.4) is 0 Å². The Morgan fingerprint density at radius 2 is 0.861 bits per heavy atom. The highest BCUT2D eigenvalue weighted by Crippen LogP contribution is 2.84. The van der Waals surface area contributed by atoms with Gasteiger partial charge in [0, 0.05) is 17.0 Å². The highest BCUT2D eigenvalue weighted by Gasteiger charge is 2.74. The molecule has 0 spiro atoms. The Balaban J connectivity index is 1.56. The van der Waals surface area contributed by atoms with Crippen LogP contribution in [0.1, 0.15) is 22.3 Å². The van der Waals surface area contributed by atoms with E-state index >= 15 is 0 Å². The average Bonchev–Trinajstić information content (AvgIpc) is 3.51. The second-order valence-corrected chi connectivity index (χ2v) is 12.0. The fraction of sp³-hybridized carbons (Fsp3) is 0.0857. The summed E-state index contributed by atoms with van der Waals surface area (Å²) < 4.78 is 0. The molecule has 0 amide bonds. The highest BCUT2D eigenvalue weighted by atomic mass is 31.1. The van der Waals surface area contributed by atoms with Crippen molar-refractivity contribution < 1.29 is 0 Å². The Hall–Kier alpha value is -3.73. The van der Waals surface area contributed by atoms with E-state index in [0.717, 1.165) is 0 Å². The predicted octanol–water partition coefficient (Wildman–Crippen LogP) is 8.36. The van der Waals surface area contributed by atoms with Gasteiger partial charge in [0.25, 0.3) is 0 Å². The summed E-state index contributed by atoms with van der Waals surface area (Å²) in [5.41, 5.74) is 7.65. The summed E-state index contributed by atoms with van der Waals surface area (Å²) in [5, 5.41) is 3.03. The SMILES string of the molecule is c1ccc(C2=C(c3ccccc3)P(c3ccccc3)C3C2C3(c2ccccc2)c2ccccc2)cc1. The molecule has 36 heavy (non-hydrogen) atoms. The fourth-order valence-electron chi connectivity index (χ4n) is 6.52. The van der Waals surface area contributed by atoms with Crippen LogP contribution in [0.15, 0.2) is 152 Å². The molecule has 0 nitrogen and oxygen atoms in total. The van der Waals surface area contributed by atoms with E-state index in [-0.39, 0.29) is 5.41 Å². The number of rotatable bonds is 5. The first kappa shape index (κ1) is 21.5. The molecule has 0 N–H and O–H groups in total. The van der Waals surface area contributed by atoms with Crippen molar-refractivity contribution in [3.63, 3.8) is 0 Å². The molecule has 5 aromatic rings. The zero-order valence-corrected chi connectivity index (χ0v) is 20.9. The van der Waals surface area contributed by atoms with Crippen LogP contribution in [0.4, 0.5) is 0 Å². The van der Waals surface area contributed by atoms with Crippen LogP contribution < -0.4 is 5.30 Å². The predicted molar refractivity (Wildman–Crippen MR) is 154 cm³/mol. The zero-order valence-electron chi connectivity index (χ0n) is 20.0. The van der Waals surface area contributed by atoms with Crippen molar-refractivity contribution in [3.05, 3.63) is 174 Å². The van der Waals surface area contributed by atoms with Crippen molar-refractivity contribution in [2.24, 2.45) is 5.92 Å². The van der Waals surface area contributed by atoms with Crippen LogP contribution in [0.5, 0.6) is 0 Å². The van der Waals surface area contributed by atoms with Gasteiger partial charge >= 0.3 is 0 Å². The molecule has 5 aromatic carbocycles. The van der Waals surface area contributed by atoms with Crippen molar-refractivity contribution in [1.29, 1.82) is 0 Å². The van der Waals surface area contributed by atoms with Crippen LogP contribution in [0.25, 0.3) is 10.9 Å². The maximum absolute atomic E-state index is 2.36. The molecule has 1 fully saturated rings. The molecule has 172 valence electrons. The van der Waals surface area contributed by atoms with Gasteiger partial charge < -0.3 is 0 Å². The molecule has 1 heteroatoms. The number of allylic oxidation sites excluding steroid dienone is 1. The number of hydrogen-bond donors (Lipinski definition) is 0. The second kappa shape index (κ2) is 8.74. The molecule has 0 bridgehead atoms. The van der Waals surface area contributed by atoms with Gasteiger partial charge in [-0.25, -0.2) is 0 Å². The second-order valence-electron chi connectivity index (χ2n) is 9.72. The minimum atomic E-state index is -0.585. The molecule has 7 rings (SSSR count). The third-order valence-corrected chi connectivity index (χ3v) is 11.0. The van der Waals surface area contributed by atoms with Gasteiger partial charge in [0.2, 0.25) is 0 Å². The van der Waals surface area contributed by atoms with Gasteiger partial charge in [-0.1, -0.05) is 152 Å². The minimum Gasteiger partial charge on any atom is -0.0622 e. The van der Waals surface area contributed by atoms with Crippen molar-refractivity contribution in [1.82, 2.24) is 0 Å². The van der Waals surface area contributed by atoms with E-state index in [9.17, 15) is 0 Å². The maximum Gasteiger partial charge on any atom is 0.0358 e. The summed E-state index contributed by atoms with van der Waals surface area (Å²) in [5.74, 6) is 0.436. The zero-order chi connectivity index (χ0) is 24.0. The van der Waals surface area contributed by atoms with E-state index < -0.39 is 7.92 Å². The lowest BCUT2D eigenvalue weighted by atomic mass is 9.82. The van der Waals surface area contributed by atoms with Crippen molar-refractivity contribution in [2.75, 3.05) is 0 Å². The molecule has 0 aromatic heterocycles. The Labute approximate surface area is 214 Å². The van der Waals surface area contributed by atoms with Gasteiger partial charge in [0.15, 0.2) is 0 Å². The standard InChI is InChI=1S/C35H27P/c1-6-16-26(17-7-1)31-32-34(35(32,28-20-10-3-11-21-28)29-22-12-4-13-23-29)36(30-24-14-5-15-25-30)33(31)27-18-8-2-9-19-27/h1-25,32,34H. The summed E-state index contributed by atoms with van der Waals surface area (Å²) in [6.07, 6.45) is 0. The van der Waals surface area contributed by atoms with Crippen molar-refractivity contribution in [3.8, 4) is 0 Å². The first-order valence-electron chi connectivity index (χ1n) is 12.7. The Morgan fingerprint density at radius 1 is 0.444 bits per heavy atom. The Morgan fingerprint density at radius 3 is 1.36 bits per heavy atom. The third kappa shape index (κ3) is 3.18. The lowest BCUT2D eigenvalue weighted by Gasteiger charge is -2.30. The van der Waals surface area contributed by atoms with Crippen LogP contribution in [0.2, 0.25) is 0 Å².